The summed E-state index contributed by atoms with van der Waals surface area (Å²) >= 11 is 0. The lowest BCUT2D eigenvalue weighted by molar-refractivity contribution is -0.123. The molecule has 0 saturated carbocycles. The molecule has 1 atom stereocenters. The van der Waals surface area contributed by atoms with Gasteiger partial charge in [-0.2, -0.15) is 5.10 Å². The molecular formula is C27H28FN3O4. The lowest BCUT2D eigenvalue weighted by atomic mass is 10.0. The maximum atomic E-state index is 13.1. The van der Waals surface area contributed by atoms with Gasteiger partial charge in [-0.15, -0.1) is 0 Å². The van der Waals surface area contributed by atoms with Crippen LogP contribution < -0.4 is 20.2 Å². The number of nitrogens with one attached hydrogen (secondary N) is 2. The summed E-state index contributed by atoms with van der Waals surface area (Å²) in [5, 5.41) is 6.68. The van der Waals surface area contributed by atoms with Crippen molar-refractivity contribution in [2.45, 2.75) is 26.5 Å². The molecule has 0 aliphatic carbocycles. The van der Waals surface area contributed by atoms with Crippen molar-refractivity contribution in [3.05, 3.63) is 95.3 Å². The van der Waals surface area contributed by atoms with Gasteiger partial charge >= 0.3 is 0 Å². The van der Waals surface area contributed by atoms with E-state index in [0.717, 1.165) is 5.56 Å². The fourth-order valence-electron chi connectivity index (χ4n) is 3.22. The van der Waals surface area contributed by atoms with E-state index in [9.17, 15) is 14.0 Å². The van der Waals surface area contributed by atoms with E-state index >= 15 is 0 Å². The van der Waals surface area contributed by atoms with E-state index in [1.54, 1.807) is 39.2 Å². The van der Waals surface area contributed by atoms with Gasteiger partial charge in [0.15, 0.2) is 11.5 Å². The third kappa shape index (κ3) is 7.40. The van der Waals surface area contributed by atoms with Crippen LogP contribution in [-0.4, -0.2) is 31.2 Å². The zero-order chi connectivity index (χ0) is 25.2. The van der Waals surface area contributed by atoms with Crippen molar-refractivity contribution < 1.29 is 23.5 Å². The van der Waals surface area contributed by atoms with Gasteiger partial charge in [0, 0.05) is 5.56 Å². The Balaban J connectivity index is 1.60. The molecule has 0 aliphatic heterocycles. The van der Waals surface area contributed by atoms with Crippen molar-refractivity contribution in [1.82, 2.24) is 10.7 Å². The normalized spacial score (nSPS) is 11.8. The number of amides is 2. The van der Waals surface area contributed by atoms with Crippen LogP contribution in [-0.2, 0) is 11.4 Å². The summed E-state index contributed by atoms with van der Waals surface area (Å²) in [7, 11) is 1.55. The number of carbonyl (C=O) groups is 2. The van der Waals surface area contributed by atoms with Crippen molar-refractivity contribution in [2.24, 2.45) is 11.0 Å². The largest absolute Gasteiger partial charge is 0.493 e. The molecule has 7 nitrogen and oxygen atoms in total. The summed E-state index contributed by atoms with van der Waals surface area (Å²) in [5.41, 5.74) is 4.44. The topological polar surface area (TPSA) is 89.0 Å². The van der Waals surface area contributed by atoms with Crippen LogP contribution in [0.15, 0.2) is 77.9 Å². The lowest BCUT2D eigenvalue weighted by Gasteiger charge is -2.20. The van der Waals surface area contributed by atoms with Crippen molar-refractivity contribution in [2.75, 3.05) is 7.11 Å². The number of nitrogens with zero attached hydrogens (tertiary/aromatic N) is 1. The fourth-order valence-corrected chi connectivity index (χ4v) is 3.22. The van der Waals surface area contributed by atoms with Crippen LogP contribution in [0.1, 0.15) is 35.3 Å². The molecule has 0 spiro atoms. The quantitative estimate of drug-likeness (QED) is 0.336. The van der Waals surface area contributed by atoms with E-state index in [2.05, 4.69) is 15.8 Å². The van der Waals surface area contributed by atoms with Crippen molar-refractivity contribution in [3.8, 4) is 11.5 Å². The van der Waals surface area contributed by atoms with Gasteiger partial charge in [0.1, 0.15) is 18.5 Å². The minimum absolute atomic E-state index is 0.198. The van der Waals surface area contributed by atoms with Gasteiger partial charge in [0.25, 0.3) is 11.8 Å². The summed E-state index contributed by atoms with van der Waals surface area (Å²) in [6.45, 7) is 4.01. The highest BCUT2D eigenvalue weighted by Gasteiger charge is 2.24. The zero-order valence-corrected chi connectivity index (χ0v) is 19.8. The Morgan fingerprint density at radius 3 is 2.37 bits per heavy atom. The van der Waals surface area contributed by atoms with Crippen LogP contribution in [0.2, 0.25) is 0 Å². The van der Waals surface area contributed by atoms with Crippen LogP contribution in [0.4, 0.5) is 4.39 Å². The van der Waals surface area contributed by atoms with Crippen LogP contribution >= 0.6 is 0 Å². The van der Waals surface area contributed by atoms with E-state index < -0.39 is 23.7 Å². The number of hydrogen-bond acceptors (Lipinski definition) is 5. The third-order valence-corrected chi connectivity index (χ3v) is 5.16. The molecule has 3 aromatic carbocycles. The summed E-state index contributed by atoms with van der Waals surface area (Å²) in [6.07, 6.45) is 1.47. The van der Waals surface area contributed by atoms with Crippen molar-refractivity contribution in [1.29, 1.82) is 0 Å². The van der Waals surface area contributed by atoms with E-state index in [0.29, 0.717) is 23.7 Å². The molecule has 0 saturated heterocycles. The molecule has 35 heavy (non-hydrogen) atoms. The molecule has 0 radical (unpaired) electrons. The first-order valence-electron chi connectivity index (χ1n) is 11.1. The number of halogens is 1. The van der Waals surface area contributed by atoms with Crippen molar-refractivity contribution >= 4 is 18.0 Å². The van der Waals surface area contributed by atoms with Gasteiger partial charge in [-0.3, -0.25) is 9.59 Å². The maximum absolute atomic E-state index is 13.1. The first kappa shape index (κ1) is 25.4. The van der Waals surface area contributed by atoms with Crippen LogP contribution in [0, 0.1) is 11.7 Å². The monoisotopic (exact) mass is 477 g/mol. The number of ether oxygens (including phenoxy) is 2. The summed E-state index contributed by atoms with van der Waals surface area (Å²) in [5.74, 6) is -0.471. The minimum atomic E-state index is -0.826. The Morgan fingerprint density at radius 1 is 1.00 bits per heavy atom. The second kappa shape index (κ2) is 12.3. The van der Waals surface area contributed by atoms with Gasteiger partial charge in [0.05, 0.1) is 13.3 Å². The molecule has 0 bridgehead atoms. The number of benzene rings is 3. The van der Waals surface area contributed by atoms with Gasteiger partial charge in [-0.25, -0.2) is 9.82 Å². The maximum Gasteiger partial charge on any atom is 0.262 e. The Kier molecular flexibility index (Phi) is 8.95. The molecular weight excluding hydrogens is 449 g/mol. The first-order valence-corrected chi connectivity index (χ1v) is 11.1. The second-order valence-electron chi connectivity index (χ2n) is 8.12. The number of hydrazone groups is 1. The number of hydrogen-bond donors (Lipinski definition) is 2. The Labute approximate surface area is 204 Å². The van der Waals surface area contributed by atoms with Gasteiger partial charge in [-0.05, 0) is 59.5 Å². The van der Waals surface area contributed by atoms with E-state index in [1.165, 1.54) is 30.5 Å². The fraction of sp³-hybridized carbons (Fsp3) is 0.222. The molecule has 0 heterocycles. The zero-order valence-electron chi connectivity index (χ0n) is 19.8. The van der Waals surface area contributed by atoms with Crippen LogP contribution in [0.25, 0.3) is 0 Å². The molecule has 3 aromatic rings. The predicted octanol–water partition coefficient (Wildman–Crippen LogP) is 4.32. The molecule has 1 unspecified atom stereocenters. The van der Waals surface area contributed by atoms with Crippen molar-refractivity contribution in [3.63, 3.8) is 0 Å². The van der Waals surface area contributed by atoms with Crippen LogP contribution in [0.3, 0.4) is 0 Å². The Hall–Kier alpha value is -4.20. The standard InChI is InChI=1S/C27H28FN3O4/c1-18(2)25(30-26(32)21-10-12-22(28)13-11-21)27(33)31-29-16-20-9-14-23(24(15-20)34-3)35-17-19-7-5-4-6-8-19/h4-16,18,25H,17H2,1-3H3,(H,30,32)(H,31,33). The Bertz CT molecular complexity index is 1160. The lowest BCUT2D eigenvalue weighted by Crippen LogP contribution is -2.48. The predicted molar refractivity (Wildman–Crippen MR) is 132 cm³/mol. The molecule has 0 aliphatic rings. The summed E-state index contributed by atoms with van der Waals surface area (Å²) < 4.78 is 24.4. The molecule has 0 fully saturated rings. The Morgan fingerprint density at radius 2 is 1.71 bits per heavy atom. The second-order valence-corrected chi connectivity index (χ2v) is 8.12. The average Bonchev–Trinajstić information content (AvgIpc) is 2.87. The first-order chi connectivity index (χ1) is 16.9. The van der Waals surface area contributed by atoms with Gasteiger partial charge < -0.3 is 14.8 Å². The smallest absolute Gasteiger partial charge is 0.262 e. The van der Waals surface area contributed by atoms with Gasteiger partial charge in [-0.1, -0.05) is 44.2 Å². The summed E-state index contributed by atoms with van der Waals surface area (Å²) in [6, 6.07) is 19.4. The highest BCUT2D eigenvalue weighted by atomic mass is 19.1. The minimum Gasteiger partial charge on any atom is -0.493 e. The molecule has 2 N–H and O–H groups in total. The SMILES string of the molecule is COc1cc(C=NNC(=O)C(NC(=O)c2ccc(F)cc2)C(C)C)ccc1OCc1ccccc1. The summed E-state index contributed by atoms with van der Waals surface area (Å²) in [4.78, 5) is 25.1. The number of carbonyl (C=O) groups excluding carboxylic acids is 2. The molecule has 8 heteroatoms. The van der Waals surface area contributed by atoms with E-state index in [1.807, 2.05) is 30.3 Å². The molecule has 0 aromatic heterocycles. The number of methoxy groups -OCH3 is 1. The van der Waals surface area contributed by atoms with Gasteiger partial charge in [0.2, 0.25) is 0 Å². The average molecular weight is 478 g/mol. The number of rotatable bonds is 10. The molecule has 182 valence electrons. The highest BCUT2D eigenvalue weighted by molar-refractivity contribution is 5.97. The molecule has 3 rings (SSSR count). The van der Waals surface area contributed by atoms with E-state index in [-0.39, 0.29) is 11.5 Å². The third-order valence-electron chi connectivity index (χ3n) is 5.16. The highest BCUT2D eigenvalue weighted by Crippen LogP contribution is 2.28. The molecule has 2 amide bonds. The van der Waals surface area contributed by atoms with E-state index in [4.69, 9.17) is 9.47 Å². The van der Waals surface area contributed by atoms with Crippen LogP contribution in [0.5, 0.6) is 11.5 Å².